The van der Waals surface area contributed by atoms with Crippen LogP contribution in [0.15, 0.2) is 0 Å². The van der Waals surface area contributed by atoms with Gasteiger partial charge in [-0.3, -0.25) is 4.79 Å². The number of amides is 1. The largest absolute Gasteiger partial charge is 0.352 e. The molecule has 0 aromatic carbocycles. The maximum absolute atomic E-state index is 11.8. The van der Waals surface area contributed by atoms with Gasteiger partial charge in [0.1, 0.15) is 0 Å². The Balaban J connectivity index is 2.27. The maximum Gasteiger partial charge on any atom is 0.237 e. The third-order valence-corrected chi connectivity index (χ3v) is 3.44. The number of rotatable bonds is 5. The number of nitrogens with one attached hydrogen (secondary N) is 1. The first kappa shape index (κ1) is 14.5. The van der Waals surface area contributed by atoms with Gasteiger partial charge in [0.05, 0.1) is 6.04 Å². The second-order valence-corrected chi connectivity index (χ2v) is 5.45. The van der Waals surface area contributed by atoms with Gasteiger partial charge in [-0.15, -0.1) is 0 Å². The highest BCUT2D eigenvalue weighted by atomic mass is 16.2. The molecule has 0 aromatic rings. The molecule has 100 valence electrons. The highest BCUT2D eigenvalue weighted by Crippen LogP contribution is 2.10. The lowest BCUT2D eigenvalue weighted by Gasteiger charge is -2.32. The van der Waals surface area contributed by atoms with E-state index < -0.39 is 0 Å². The van der Waals surface area contributed by atoms with Crippen molar-refractivity contribution < 1.29 is 4.79 Å². The minimum Gasteiger partial charge on any atom is -0.352 e. The SMILES string of the molecule is CCN1CCC(NC(=O)C(N)CC(C)C)CC1. The average Bonchev–Trinajstić information content (AvgIpc) is 2.29. The van der Waals surface area contributed by atoms with Crippen LogP contribution >= 0.6 is 0 Å². The summed E-state index contributed by atoms with van der Waals surface area (Å²) in [4.78, 5) is 14.3. The van der Waals surface area contributed by atoms with Crippen molar-refractivity contribution in [3.05, 3.63) is 0 Å². The molecule has 1 aliphatic heterocycles. The van der Waals surface area contributed by atoms with Gasteiger partial charge in [-0.25, -0.2) is 0 Å². The minimum atomic E-state index is -0.348. The molecule has 1 heterocycles. The van der Waals surface area contributed by atoms with Crippen LogP contribution in [0.25, 0.3) is 0 Å². The van der Waals surface area contributed by atoms with Crippen molar-refractivity contribution in [2.24, 2.45) is 11.7 Å². The number of likely N-dealkylation sites (tertiary alicyclic amines) is 1. The molecular formula is C13H27N3O. The monoisotopic (exact) mass is 241 g/mol. The molecule has 0 aromatic heterocycles. The molecule has 0 aliphatic carbocycles. The molecular weight excluding hydrogens is 214 g/mol. The van der Waals surface area contributed by atoms with E-state index in [1.807, 2.05) is 0 Å². The van der Waals surface area contributed by atoms with Gasteiger partial charge in [0.2, 0.25) is 5.91 Å². The van der Waals surface area contributed by atoms with E-state index >= 15 is 0 Å². The fourth-order valence-electron chi connectivity index (χ4n) is 2.32. The molecule has 1 fully saturated rings. The number of hydrogen-bond acceptors (Lipinski definition) is 3. The van der Waals surface area contributed by atoms with Gasteiger partial charge < -0.3 is 16.0 Å². The number of nitrogens with two attached hydrogens (primary N) is 1. The Hall–Kier alpha value is -0.610. The van der Waals surface area contributed by atoms with E-state index in [1.165, 1.54) is 0 Å². The van der Waals surface area contributed by atoms with Crippen molar-refractivity contribution in [1.82, 2.24) is 10.2 Å². The summed E-state index contributed by atoms with van der Waals surface area (Å²) in [6, 6.07) is -0.0253. The first-order valence-corrected chi connectivity index (χ1v) is 6.81. The second-order valence-electron chi connectivity index (χ2n) is 5.45. The highest BCUT2D eigenvalue weighted by molar-refractivity contribution is 5.81. The highest BCUT2D eigenvalue weighted by Gasteiger charge is 2.22. The molecule has 0 radical (unpaired) electrons. The van der Waals surface area contributed by atoms with Crippen molar-refractivity contribution in [2.75, 3.05) is 19.6 Å². The Bertz CT molecular complexity index is 235. The molecule has 3 N–H and O–H groups in total. The standard InChI is InChI=1S/C13H27N3O/c1-4-16-7-5-11(6-8-16)15-13(17)12(14)9-10(2)3/h10-12H,4-9,14H2,1-3H3,(H,15,17). The molecule has 0 saturated carbocycles. The topological polar surface area (TPSA) is 58.4 Å². The van der Waals surface area contributed by atoms with Crippen LogP contribution < -0.4 is 11.1 Å². The number of carbonyl (C=O) groups is 1. The summed E-state index contributed by atoms with van der Waals surface area (Å²) >= 11 is 0. The molecule has 1 aliphatic rings. The maximum atomic E-state index is 11.8. The zero-order chi connectivity index (χ0) is 12.8. The molecule has 0 spiro atoms. The fraction of sp³-hybridized carbons (Fsp3) is 0.923. The van der Waals surface area contributed by atoms with Crippen LogP contribution in [0.3, 0.4) is 0 Å². The Morgan fingerprint density at radius 1 is 1.41 bits per heavy atom. The third-order valence-electron chi connectivity index (χ3n) is 3.44. The molecule has 1 rings (SSSR count). The summed E-state index contributed by atoms with van der Waals surface area (Å²) in [6.07, 6.45) is 2.86. The van der Waals surface area contributed by atoms with Gasteiger partial charge in [0.15, 0.2) is 0 Å². The minimum absolute atomic E-state index is 0.0219. The predicted molar refractivity (Wildman–Crippen MR) is 70.7 cm³/mol. The van der Waals surface area contributed by atoms with Crippen molar-refractivity contribution in [3.8, 4) is 0 Å². The van der Waals surface area contributed by atoms with Crippen LogP contribution in [0.1, 0.15) is 40.0 Å². The van der Waals surface area contributed by atoms with E-state index in [2.05, 4.69) is 31.0 Å². The third kappa shape index (κ3) is 5.04. The summed E-state index contributed by atoms with van der Waals surface area (Å²) in [6.45, 7) is 9.63. The Morgan fingerprint density at radius 3 is 2.47 bits per heavy atom. The van der Waals surface area contributed by atoms with Crippen molar-refractivity contribution in [3.63, 3.8) is 0 Å². The zero-order valence-corrected chi connectivity index (χ0v) is 11.4. The van der Waals surface area contributed by atoms with Crippen LogP contribution in [0, 0.1) is 5.92 Å². The summed E-state index contributed by atoms with van der Waals surface area (Å²) in [5.41, 5.74) is 5.87. The summed E-state index contributed by atoms with van der Waals surface area (Å²) in [5.74, 6) is 0.492. The van der Waals surface area contributed by atoms with E-state index in [0.717, 1.165) is 38.9 Å². The molecule has 1 unspecified atom stereocenters. The predicted octanol–water partition coefficient (Wildman–Crippen LogP) is 0.960. The Morgan fingerprint density at radius 2 is 2.00 bits per heavy atom. The van der Waals surface area contributed by atoms with Crippen LogP contribution in [-0.2, 0) is 4.79 Å². The number of nitrogens with zero attached hydrogens (tertiary/aromatic N) is 1. The van der Waals surface area contributed by atoms with Crippen molar-refractivity contribution >= 4 is 5.91 Å². The van der Waals surface area contributed by atoms with E-state index in [1.54, 1.807) is 0 Å². The van der Waals surface area contributed by atoms with E-state index in [9.17, 15) is 4.79 Å². The number of hydrogen-bond donors (Lipinski definition) is 2. The van der Waals surface area contributed by atoms with Gasteiger partial charge >= 0.3 is 0 Å². The van der Waals surface area contributed by atoms with Crippen LogP contribution in [0.2, 0.25) is 0 Å². The van der Waals surface area contributed by atoms with Crippen molar-refractivity contribution in [1.29, 1.82) is 0 Å². The average molecular weight is 241 g/mol. The Labute approximate surface area is 105 Å². The van der Waals surface area contributed by atoms with Gasteiger partial charge in [-0.1, -0.05) is 20.8 Å². The quantitative estimate of drug-likeness (QED) is 0.754. The van der Waals surface area contributed by atoms with Gasteiger partial charge in [0, 0.05) is 19.1 Å². The summed E-state index contributed by atoms with van der Waals surface area (Å²) < 4.78 is 0. The molecule has 1 atom stereocenters. The van der Waals surface area contributed by atoms with Gasteiger partial charge in [0.25, 0.3) is 0 Å². The first-order chi connectivity index (χ1) is 8.02. The van der Waals surface area contributed by atoms with Crippen LogP contribution in [0.5, 0.6) is 0 Å². The molecule has 0 bridgehead atoms. The fourth-order valence-corrected chi connectivity index (χ4v) is 2.32. The normalized spacial score (nSPS) is 20.5. The van der Waals surface area contributed by atoms with E-state index in [-0.39, 0.29) is 11.9 Å². The lowest BCUT2D eigenvalue weighted by Crippen LogP contribution is -2.49. The second kappa shape index (κ2) is 6.97. The molecule has 1 saturated heterocycles. The first-order valence-electron chi connectivity index (χ1n) is 6.81. The number of carbonyl (C=O) groups excluding carboxylic acids is 1. The van der Waals surface area contributed by atoms with E-state index in [4.69, 9.17) is 5.73 Å². The smallest absolute Gasteiger partial charge is 0.237 e. The lowest BCUT2D eigenvalue weighted by atomic mass is 10.0. The molecule has 17 heavy (non-hydrogen) atoms. The molecule has 4 heteroatoms. The number of piperidine rings is 1. The van der Waals surface area contributed by atoms with Gasteiger partial charge in [-0.2, -0.15) is 0 Å². The molecule has 4 nitrogen and oxygen atoms in total. The van der Waals surface area contributed by atoms with Crippen LogP contribution in [0.4, 0.5) is 0 Å². The Kier molecular flexibility index (Phi) is 5.92. The zero-order valence-electron chi connectivity index (χ0n) is 11.4. The summed E-state index contributed by atoms with van der Waals surface area (Å²) in [5, 5.41) is 3.08. The lowest BCUT2D eigenvalue weighted by molar-refractivity contribution is -0.123. The van der Waals surface area contributed by atoms with Crippen LogP contribution in [-0.4, -0.2) is 42.5 Å². The van der Waals surface area contributed by atoms with Gasteiger partial charge in [-0.05, 0) is 31.7 Å². The van der Waals surface area contributed by atoms with E-state index in [0.29, 0.717) is 12.0 Å². The summed E-state index contributed by atoms with van der Waals surface area (Å²) in [7, 11) is 0. The molecule has 1 amide bonds. The van der Waals surface area contributed by atoms with Crippen molar-refractivity contribution in [2.45, 2.75) is 52.1 Å².